The Hall–Kier alpha value is -3.60. The van der Waals surface area contributed by atoms with Gasteiger partial charge < -0.3 is 15.9 Å². The van der Waals surface area contributed by atoms with Gasteiger partial charge in [0, 0.05) is 17.7 Å². The maximum atomic E-state index is 12.8. The van der Waals surface area contributed by atoms with Gasteiger partial charge >= 0.3 is 0 Å². The van der Waals surface area contributed by atoms with Gasteiger partial charge in [-0.15, -0.1) is 0 Å². The molecular weight excluding hydrogens is 398 g/mol. The molecule has 0 atom stereocenters. The maximum Gasteiger partial charge on any atom is 0.251 e. The molecule has 0 saturated heterocycles. The summed E-state index contributed by atoms with van der Waals surface area (Å²) in [6.45, 7) is 0.450. The topological polar surface area (TPSA) is 76.7 Å². The number of amidine groups is 1. The number of nitrogens with two attached hydrogens (primary N) is 1. The van der Waals surface area contributed by atoms with E-state index < -0.39 is 0 Å². The fourth-order valence-corrected chi connectivity index (χ4v) is 4.40. The number of nitrogens with zero attached hydrogens (tertiary/aromatic N) is 1. The molecule has 2 aliphatic carbocycles. The summed E-state index contributed by atoms with van der Waals surface area (Å²) in [5.74, 6) is 1.02. The fourth-order valence-electron chi connectivity index (χ4n) is 4.40. The molecule has 3 N–H and O–H groups in total. The molecule has 1 fully saturated rings. The van der Waals surface area contributed by atoms with Crippen LogP contribution in [0.4, 0.5) is 0 Å². The Morgan fingerprint density at radius 1 is 0.938 bits per heavy atom. The lowest BCUT2D eigenvalue weighted by Crippen LogP contribution is -2.23. The third-order valence-electron chi connectivity index (χ3n) is 6.40. The second kappa shape index (κ2) is 8.50. The predicted molar refractivity (Wildman–Crippen MR) is 126 cm³/mol. The molecule has 162 valence electrons. The molecule has 5 heteroatoms. The van der Waals surface area contributed by atoms with Crippen LogP contribution in [-0.2, 0) is 24.2 Å². The molecule has 0 heterocycles. The summed E-state index contributed by atoms with van der Waals surface area (Å²) in [6, 6.07) is 20.7. The highest BCUT2D eigenvalue weighted by atomic mass is 16.6. The van der Waals surface area contributed by atoms with Crippen molar-refractivity contribution in [2.75, 3.05) is 7.11 Å². The normalized spacial score (nSPS) is 15.0. The highest BCUT2D eigenvalue weighted by molar-refractivity contribution is 5.97. The number of oxime groups is 1. The van der Waals surface area contributed by atoms with E-state index in [2.05, 4.69) is 40.8 Å². The summed E-state index contributed by atoms with van der Waals surface area (Å²) in [4.78, 5) is 17.5. The minimum Gasteiger partial charge on any atom is -0.397 e. The van der Waals surface area contributed by atoms with E-state index in [-0.39, 0.29) is 5.91 Å². The predicted octanol–water partition coefficient (Wildman–Crippen LogP) is 4.26. The van der Waals surface area contributed by atoms with Crippen molar-refractivity contribution in [1.29, 1.82) is 0 Å². The second-order valence-corrected chi connectivity index (χ2v) is 8.68. The number of hydrogen-bond acceptors (Lipinski definition) is 3. The number of carbonyl (C=O) groups excluding carboxylic acids is 1. The molecule has 5 rings (SSSR count). The molecule has 1 saturated carbocycles. The van der Waals surface area contributed by atoms with E-state index >= 15 is 0 Å². The molecule has 3 aromatic rings. The highest BCUT2D eigenvalue weighted by Gasteiger charge is 2.25. The van der Waals surface area contributed by atoms with E-state index in [1.807, 2.05) is 30.3 Å². The number of fused-ring (bicyclic) bond motifs is 2. The summed E-state index contributed by atoms with van der Waals surface area (Å²) < 4.78 is 0. The van der Waals surface area contributed by atoms with Gasteiger partial charge in [-0.25, -0.2) is 0 Å². The molecule has 0 spiro atoms. The average Bonchev–Trinajstić information content (AvgIpc) is 3.66. The van der Waals surface area contributed by atoms with E-state index in [1.165, 1.54) is 47.8 Å². The van der Waals surface area contributed by atoms with Crippen LogP contribution in [0, 0.1) is 0 Å². The van der Waals surface area contributed by atoms with Crippen molar-refractivity contribution in [1.82, 2.24) is 5.32 Å². The molecule has 1 amide bonds. The molecule has 0 aliphatic heterocycles. The van der Waals surface area contributed by atoms with Crippen LogP contribution in [0.2, 0.25) is 0 Å². The molecule has 2 aliphatic rings. The van der Waals surface area contributed by atoms with Crippen LogP contribution in [0.3, 0.4) is 0 Å². The molecule has 32 heavy (non-hydrogen) atoms. The first-order valence-corrected chi connectivity index (χ1v) is 11.1. The van der Waals surface area contributed by atoms with Crippen LogP contribution in [0.25, 0.3) is 0 Å². The van der Waals surface area contributed by atoms with E-state index in [1.54, 1.807) is 0 Å². The SMILES string of the molecule is CO/N=C(\N)c1ccc(CNC(=O)c2ccc3c(c2)Cc2cc(C4CC4)ccc2C3)cc1. The summed E-state index contributed by atoms with van der Waals surface area (Å²) in [6.07, 6.45) is 4.48. The number of carbonyl (C=O) groups is 1. The monoisotopic (exact) mass is 425 g/mol. The summed E-state index contributed by atoms with van der Waals surface area (Å²) in [7, 11) is 1.46. The van der Waals surface area contributed by atoms with Crippen LogP contribution in [-0.4, -0.2) is 18.9 Å². The van der Waals surface area contributed by atoms with Crippen molar-refractivity contribution >= 4 is 11.7 Å². The zero-order valence-corrected chi connectivity index (χ0v) is 18.2. The lowest BCUT2D eigenvalue weighted by Gasteiger charge is -2.21. The number of hydrogen-bond donors (Lipinski definition) is 2. The van der Waals surface area contributed by atoms with Crippen molar-refractivity contribution < 1.29 is 9.63 Å². The van der Waals surface area contributed by atoms with Crippen molar-refractivity contribution in [3.05, 3.63) is 105 Å². The van der Waals surface area contributed by atoms with Gasteiger partial charge in [-0.2, -0.15) is 0 Å². The Balaban J connectivity index is 1.25. The van der Waals surface area contributed by atoms with Gasteiger partial charge in [0.25, 0.3) is 5.91 Å². The van der Waals surface area contributed by atoms with Gasteiger partial charge in [-0.3, -0.25) is 4.79 Å². The first-order chi connectivity index (χ1) is 15.6. The van der Waals surface area contributed by atoms with E-state index in [0.29, 0.717) is 17.9 Å². The van der Waals surface area contributed by atoms with Crippen molar-refractivity contribution in [2.24, 2.45) is 10.9 Å². The summed E-state index contributed by atoms with van der Waals surface area (Å²) >= 11 is 0. The largest absolute Gasteiger partial charge is 0.397 e. The molecule has 0 bridgehead atoms. The fraction of sp³-hybridized carbons (Fsp3) is 0.259. The maximum absolute atomic E-state index is 12.8. The molecule has 3 aromatic carbocycles. The van der Waals surface area contributed by atoms with Crippen LogP contribution in [0.15, 0.2) is 65.8 Å². The lowest BCUT2D eigenvalue weighted by molar-refractivity contribution is 0.0951. The molecule has 0 unspecified atom stereocenters. The summed E-state index contributed by atoms with van der Waals surface area (Å²) in [5.41, 5.74) is 15.2. The van der Waals surface area contributed by atoms with Gasteiger partial charge in [-0.1, -0.05) is 53.7 Å². The van der Waals surface area contributed by atoms with E-state index in [0.717, 1.165) is 29.9 Å². The zero-order chi connectivity index (χ0) is 22.1. The molecular formula is C27H27N3O2. The Bertz CT molecular complexity index is 1190. The Labute approximate surface area is 188 Å². The molecule has 0 radical (unpaired) electrons. The number of nitrogens with one attached hydrogen (secondary N) is 1. The highest BCUT2D eigenvalue weighted by Crippen LogP contribution is 2.41. The van der Waals surface area contributed by atoms with Crippen molar-refractivity contribution in [3.63, 3.8) is 0 Å². The van der Waals surface area contributed by atoms with E-state index in [9.17, 15) is 4.79 Å². The van der Waals surface area contributed by atoms with Crippen LogP contribution in [0.5, 0.6) is 0 Å². The molecule has 5 nitrogen and oxygen atoms in total. The number of rotatable bonds is 6. The number of benzene rings is 3. The number of amides is 1. The Kier molecular flexibility index (Phi) is 5.39. The zero-order valence-electron chi connectivity index (χ0n) is 18.2. The third kappa shape index (κ3) is 4.24. The van der Waals surface area contributed by atoms with Crippen LogP contribution < -0.4 is 11.1 Å². The van der Waals surface area contributed by atoms with Gasteiger partial charge in [0.05, 0.1) is 0 Å². The Morgan fingerprint density at radius 3 is 2.31 bits per heavy atom. The third-order valence-corrected chi connectivity index (χ3v) is 6.40. The first kappa shape index (κ1) is 20.3. The van der Waals surface area contributed by atoms with Gasteiger partial charge in [0.2, 0.25) is 0 Å². The van der Waals surface area contributed by atoms with Crippen LogP contribution in [0.1, 0.15) is 68.1 Å². The van der Waals surface area contributed by atoms with Crippen molar-refractivity contribution in [2.45, 2.75) is 38.1 Å². The minimum absolute atomic E-state index is 0.0603. The van der Waals surface area contributed by atoms with Gasteiger partial charge in [-0.05, 0) is 77.1 Å². The Morgan fingerprint density at radius 2 is 1.59 bits per heavy atom. The van der Waals surface area contributed by atoms with Crippen LogP contribution >= 0.6 is 0 Å². The lowest BCUT2D eigenvalue weighted by atomic mass is 9.84. The minimum atomic E-state index is -0.0603. The van der Waals surface area contributed by atoms with Crippen molar-refractivity contribution in [3.8, 4) is 0 Å². The first-order valence-electron chi connectivity index (χ1n) is 11.1. The van der Waals surface area contributed by atoms with Gasteiger partial charge in [0.1, 0.15) is 7.11 Å². The van der Waals surface area contributed by atoms with Gasteiger partial charge in [0.15, 0.2) is 5.84 Å². The average molecular weight is 426 g/mol. The smallest absolute Gasteiger partial charge is 0.251 e. The second-order valence-electron chi connectivity index (χ2n) is 8.68. The molecule has 0 aromatic heterocycles. The standard InChI is InChI=1S/C27H27N3O2/c1-32-30-26(28)19-4-2-17(3-5-19)16-29-27(31)23-11-10-22-12-21-9-8-20(18-6-7-18)13-24(21)15-25(22)14-23/h2-5,8-11,13-14,18H,6-7,12,15-16H2,1H3,(H2,28,30)(H,29,31). The summed E-state index contributed by atoms with van der Waals surface area (Å²) in [5, 5.41) is 6.75. The van der Waals surface area contributed by atoms with E-state index in [4.69, 9.17) is 10.6 Å². The quantitative estimate of drug-likeness (QED) is 0.275.